The van der Waals surface area contributed by atoms with E-state index in [0.717, 1.165) is 30.7 Å². The van der Waals surface area contributed by atoms with Gasteiger partial charge in [0.05, 0.1) is 0 Å². The summed E-state index contributed by atoms with van der Waals surface area (Å²) in [5.41, 5.74) is 1.63. The second-order valence-electron chi connectivity index (χ2n) is 6.18. The molecule has 0 unspecified atom stereocenters. The first-order valence-corrected chi connectivity index (χ1v) is 8.17. The van der Waals surface area contributed by atoms with Crippen molar-refractivity contribution in [2.75, 3.05) is 6.54 Å². The number of hydrogen-bond donors (Lipinski definition) is 0. The Kier molecular flexibility index (Phi) is 3.41. The molecule has 1 fully saturated rings. The predicted octanol–water partition coefficient (Wildman–Crippen LogP) is 3.14. The van der Waals surface area contributed by atoms with Crippen LogP contribution in [0.15, 0.2) is 48.8 Å². The Morgan fingerprint density at radius 3 is 2.91 bits per heavy atom. The van der Waals surface area contributed by atoms with Crippen molar-refractivity contribution < 1.29 is 4.79 Å². The topological polar surface area (TPSA) is 42.5 Å². The van der Waals surface area contributed by atoms with Crippen molar-refractivity contribution in [3.8, 4) is 5.82 Å². The van der Waals surface area contributed by atoms with Crippen molar-refractivity contribution in [1.29, 1.82) is 0 Å². The quantitative estimate of drug-likeness (QED) is 0.730. The second-order valence-corrected chi connectivity index (χ2v) is 6.18. The zero-order chi connectivity index (χ0) is 15.8. The first-order valence-electron chi connectivity index (χ1n) is 8.17. The molecule has 4 heterocycles. The minimum Gasteiger partial charge on any atom is -0.335 e. The van der Waals surface area contributed by atoms with Gasteiger partial charge in [-0.1, -0.05) is 6.07 Å². The summed E-state index contributed by atoms with van der Waals surface area (Å²) in [6.45, 7) is 2.95. The standard InChI is InChI=1S/C18H20N4O/c1-14-6-2-4-11-20(14)18(23)16-10-13-22(19-16)17-9-8-15-7-3-5-12-21(15)17/h3,5,7-10,12-14H,2,4,6,11H2,1H3/t14-/m1/s1. The average molecular weight is 308 g/mol. The van der Waals surface area contributed by atoms with Crippen LogP contribution in [0.3, 0.4) is 0 Å². The zero-order valence-corrected chi connectivity index (χ0v) is 13.2. The number of amides is 1. The van der Waals surface area contributed by atoms with Gasteiger partial charge in [-0.05, 0) is 56.5 Å². The van der Waals surface area contributed by atoms with Crippen LogP contribution in [0.4, 0.5) is 0 Å². The van der Waals surface area contributed by atoms with Gasteiger partial charge < -0.3 is 9.30 Å². The van der Waals surface area contributed by atoms with E-state index in [1.807, 2.05) is 47.6 Å². The maximum atomic E-state index is 12.7. The monoisotopic (exact) mass is 308 g/mol. The number of hydrogen-bond acceptors (Lipinski definition) is 2. The molecule has 1 amide bonds. The Bertz CT molecular complexity index is 847. The molecule has 3 aromatic heterocycles. The highest BCUT2D eigenvalue weighted by Gasteiger charge is 2.25. The van der Waals surface area contributed by atoms with Crippen molar-refractivity contribution in [1.82, 2.24) is 19.1 Å². The summed E-state index contributed by atoms with van der Waals surface area (Å²) < 4.78 is 3.83. The number of likely N-dealkylation sites (tertiary alicyclic amines) is 1. The zero-order valence-electron chi connectivity index (χ0n) is 13.2. The molecule has 5 heteroatoms. The Morgan fingerprint density at radius 1 is 1.13 bits per heavy atom. The van der Waals surface area contributed by atoms with E-state index in [4.69, 9.17) is 0 Å². The molecule has 118 valence electrons. The maximum absolute atomic E-state index is 12.7. The molecule has 1 saturated heterocycles. The number of carbonyl (C=O) groups is 1. The molecule has 0 aromatic carbocycles. The van der Waals surface area contributed by atoms with Crippen LogP contribution in [0.2, 0.25) is 0 Å². The van der Waals surface area contributed by atoms with Gasteiger partial charge in [0.1, 0.15) is 5.82 Å². The van der Waals surface area contributed by atoms with Crippen molar-refractivity contribution in [2.45, 2.75) is 32.2 Å². The Morgan fingerprint density at radius 2 is 2.04 bits per heavy atom. The number of rotatable bonds is 2. The third-order valence-electron chi connectivity index (χ3n) is 4.65. The fourth-order valence-electron chi connectivity index (χ4n) is 3.34. The number of pyridine rings is 1. The fraction of sp³-hybridized carbons (Fsp3) is 0.333. The fourth-order valence-corrected chi connectivity index (χ4v) is 3.34. The minimum absolute atomic E-state index is 0.0387. The normalized spacial score (nSPS) is 18.5. The van der Waals surface area contributed by atoms with E-state index in [2.05, 4.69) is 22.5 Å². The molecule has 3 aromatic rings. The molecule has 1 aliphatic rings. The molecule has 4 rings (SSSR count). The molecule has 5 nitrogen and oxygen atoms in total. The van der Waals surface area contributed by atoms with E-state index in [1.54, 1.807) is 4.68 Å². The van der Waals surface area contributed by atoms with Crippen LogP contribution >= 0.6 is 0 Å². The smallest absolute Gasteiger partial charge is 0.274 e. The van der Waals surface area contributed by atoms with Crippen LogP contribution in [0, 0.1) is 0 Å². The predicted molar refractivity (Wildman–Crippen MR) is 88.9 cm³/mol. The molecular formula is C18H20N4O. The molecule has 0 radical (unpaired) electrons. The second kappa shape index (κ2) is 5.57. The van der Waals surface area contributed by atoms with Crippen molar-refractivity contribution >= 4 is 11.4 Å². The lowest BCUT2D eigenvalue weighted by atomic mass is 10.0. The highest BCUT2D eigenvalue weighted by atomic mass is 16.2. The van der Waals surface area contributed by atoms with Crippen LogP contribution in [0.1, 0.15) is 36.7 Å². The first kappa shape index (κ1) is 14.1. The molecule has 0 aliphatic carbocycles. The number of nitrogens with zero attached hydrogens (tertiary/aromatic N) is 4. The Balaban J connectivity index is 1.65. The average Bonchev–Trinajstić information content (AvgIpc) is 3.21. The Labute approximate surface area is 135 Å². The molecule has 1 aliphatic heterocycles. The highest BCUT2D eigenvalue weighted by Crippen LogP contribution is 2.19. The van der Waals surface area contributed by atoms with Crippen LogP contribution in [0.5, 0.6) is 0 Å². The molecule has 23 heavy (non-hydrogen) atoms. The largest absolute Gasteiger partial charge is 0.335 e. The molecule has 0 N–H and O–H groups in total. The summed E-state index contributed by atoms with van der Waals surface area (Å²) >= 11 is 0. The van der Waals surface area contributed by atoms with Gasteiger partial charge in [0, 0.05) is 30.5 Å². The van der Waals surface area contributed by atoms with Gasteiger partial charge in [0.2, 0.25) is 0 Å². The third-order valence-corrected chi connectivity index (χ3v) is 4.65. The van der Waals surface area contributed by atoms with Crippen LogP contribution < -0.4 is 0 Å². The third kappa shape index (κ3) is 2.42. The van der Waals surface area contributed by atoms with Crippen LogP contribution in [-0.2, 0) is 0 Å². The van der Waals surface area contributed by atoms with Gasteiger partial charge in [0.25, 0.3) is 5.91 Å². The van der Waals surface area contributed by atoms with Gasteiger partial charge in [0.15, 0.2) is 5.69 Å². The van der Waals surface area contributed by atoms with Crippen LogP contribution in [-0.4, -0.2) is 37.6 Å². The summed E-state index contributed by atoms with van der Waals surface area (Å²) in [5, 5.41) is 4.52. The lowest BCUT2D eigenvalue weighted by Crippen LogP contribution is -2.42. The van der Waals surface area contributed by atoms with E-state index in [9.17, 15) is 4.79 Å². The molecule has 1 atom stereocenters. The van der Waals surface area contributed by atoms with Crippen molar-refractivity contribution in [3.63, 3.8) is 0 Å². The number of carbonyl (C=O) groups excluding carboxylic acids is 1. The van der Waals surface area contributed by atoms with Gasteiger partial charge in [-0.15, -0.1) is 0 Å². The van der Waals surface area contributed by atoms with E-state index >= 15 is 0 Å². The van der Waals surface area contributed by atoms with Gasteiger partial charge in [-0.3, -0.25) is 4.79 Å². The highest BCUT2D eigenvalue weighted by molar-refractivity contribution is 5.92. The SMILES string of the molecule is C[C@@H]1CCCCN1C(=O)c1ccn(-c2ccc3ccccn23)n1. The molecule has 0 spiro atoms. The first-order chi connectivity index (χ1) is 11.2. The molecule has 0 saturated carbocycles. The van der Waals surface area contributed by atoms with Gasteiger partial charge >= 0.3 is 0 Å². The van der Waals surface area contributed by atoms with Gasteiger partial charge in [-0.2, -0.15) is 5.10 Å². The summed E-state index contributed by atoms with van der Waals surface area (Å²) in [7, 11) is 0. The van der Waals surface area contributed by atoms with Crippen molar-refractivity contribution in [3.05, 3.63) is 54.5 Å². The van der Waals surface area contributed by atoms with E-state index in [1.165, 1.54) is 6.42 Å². The summed E-state index contributed by atoms with van der Waals surface area (Å²) in [4.78, 5) is 14.7. The lowest BCUT2D eigenvalue weighted by molar-refractivity contribution is 0.0629. The number of aromatic nitrogens is 3. The molecule has 0 bridgehead atoms. The summed E-state index contributed by atoms with van der Waals surface area (Å²) in [5.74, 6) is 0.975. The molecular weight excluding hydrogens is 288 g/mol. The van der Waals surface area contributed by atoms with Crippen LogP contribution in [0.25, 0.3) is 11.3 Å². The maximum Gasteiger partial charge on any atom is 0.274 e. The lowest BCUT2D eigenvalue weighted by Gasteiger charge is -2.32. The minimum atomic E-state index is 0.0387. The van der Waals surface area contributed by atoms with E-state index in [0.29, 0.717) is 11.7 Å². The number of piperidine rings is 1. The summed E-state index contributed by atoms with van der Waals surface area (Å²) in [6, 6.07) is 12.2. The van der Waals surface area contributed by atoms with E-state index < -0.39 is 0 Å². The van der Waals surface area contributed by atoms with Gasteiger partial charge in [-0.25, -0.2) is 4.68 Å². The van der Waals surface area contributed by atoms with Crippen molar-refractivity contribution in [2.24, 2.45) is 0 Å². The van der Waals surface area contributed by atoms with E-state index in [-0.39, 0.29) is 5.91 Å². The number of fused-ring (bicyclic) bond motifs is 1. The summed E-state index contributed by atoms with van der Waals surface area (Å²) in [6.07, 6.45) is 7.22. The Hall–Kier alpha value is -2.56.